The largest absolute Gasteiger partial charge is 0.432 e. The molecule has 0 unspecified atom stereocenters. The summed E-state index contributed by atoms with van der Waals surface area (Å²) >= 11 is 0. The minimum absolute atomic E-state index is 0.0448. The van der Waals surface area contributed by atoms with Gasteiger partial charge in [0.2, 0.25) is 5.91 Å². The molecule has 2 amide bonds. The summed E-state index contributed by atoms with van der Waals surface area (Å²) in [6, 6.07) is 13.7. The van der Waals surface area contributed by atoms with Crippen molar-refractivity contribution in [1.82, 2.24) is 9.97 Å². The summed E-state index contributed by atoms with van der Waals surface area (Å²) in [5.74, 6) is 0.255. The van der Waals surface area contributed by atoms with Crippen LogP contribution < -0.4 is 15.5 Å². The Morgan fingerprint density at radius 2 is 1.86 bits per heavy atom. The topological polar surface area (TPSA) is 107 Å². The summed E-state index contributed by atoms with van der Waals surface area (Å²) in [5, 5.41) is 6.22. The summed E-state index contributed by atoms with van der Waals surface area (Å²) in [4.78, 5) is 46.7. The molecule has 0 spiro atoms. The second-order valence-corrected chi connectivity index (χ2v) is 14.9. The number of carbonyl (C=O) groups excluding carboxylic acids is 2. The first kappa shape index (κ1) is 26.5. The first-order valence-electron chi connectivity index (χ1n) is 12.6. The molecule has 0 bridgehead atoms. The minimum Gasteiger partial charge on any atom is -0.432 e. The van der Waals surface area contributed by atoms with Crippen molar-refractivity contribution in [2.24, 2.45) is 0 Å². The van der Waals surface area contributed by atoms with Gasteiger partial charge in [-0.15, -0.1) is 0 Å². The molecule has 0 radical (unpaired) electrons. The highest BCUT2D eigenvalue weighted by Gasteiger charge is 2.38. The average molecular weight is 518 g/mol. The van der Waals surface area contributed by atoms with E-state index in [9.17, 15) is 14.4 Å². The molecule has 0 fully saturated rings. The van der Waals surface area contributed by atoms with Crippen LogP contribution in [0.1, 0.15) is 48.2 Å². The monoisotopic (exact) mass is 517 g/mol. The zero-order chi connectivity index (χ0) is 26.6. The fraction of sp³-hybridized carbons (Fsp3) is 0.357. The summed E-state index contributed by atoms with van der Waals surface area (Å²) in [6.07, 6.45) is 6.16. The van der Waals surface area contributed by atoms with Crippen LogP contribution in [0.5, 0.6) is 0 Å². The normalized spacial score (nSPS) is 14.2. The summed E-state index contributed by atoms with van der Waals surface area (Å²) in [5.41, 5.74) is 3.80. The van der Waals surface area contributed by atoms with Crippen molar-refractivity contribution in [2.75, 3.05) is 22.1 Å². The van der Waals surface area contributed by atoms with Crippen LogP contribution in [0, 0.1) is 0 Å². The third-order valence-corrected chi connectivity index (χ3v) is 8.15. The number of aromatic nitrogens is 2. The van der Waals surface area contributed by atoms with E-state index in [4.69, 9.17) is 0 Å². The Bertz CT molecular complexity index is 1270. The zero-order valence-corrected chi connectivity index (χ0v) is 22.9. The first-order chi connectivity index (χ1) is 17.5. The SMILES string of the molecule is CC1(C)CN(C(=O)CCC[Si](C)(C)O)c2cc(NC(=O)c3cccnc3NCc3ccncc3)ccc21. The molecule has 0 aliphatic carbocycles. The number of benzene rings is 1. The molecular weight excluding hydrogens is 482 g/mol. The Morgan fingerprint density at radius 3 is 2.59 bits per heavy atom. The number of hydrogen-bond donors (Lipinski definition) is 3. The molecule has 0 saturated heterocycles. The van der Waals surface area contributed by atoms with E-state index in [0.717, 1.165) is 16.8 Å². The van der Waals surface area contributed by atoms with Crippen molar-refractivity contribution >= 4 is 37.3 Å². The predicted molar refractivity (Wildman–Crippen MR) is 149 cm³/mol. The molecule has 2 aromatic heterocycles. The van der Waals surface area contributed by atoms with Gasteiger partial charge in [0.25, 0.3) is 5.91 Å². The Hall–Kier alpha value is -3.56. The Morgan fingerprint density at radius 1 is 1.11 bits per heavy atom. The van der Waals surface area contributed by atoms with Crippen LogP contribution in [0.15, 0.2) is 61.1 Å². The van der Waals surface area contributed by atoms with Crippen molar-refractivity contribution in [3.63, 3.8) is 0 Å². The van der Waals surface area contributed by atoms with Gasteiger partial charge in [-0.3, -0.25) is 14.6 Å². The van der Waals surface area contributed by atoms with E-state index in [-0.39, 0.29) is 17.2 Å². The van der Waals surface area contributed by atoms with Gasteiger partial charge in [-0.25, -0.2) is 4.98 Å². The van der Waals surface area contributed by atoms with E-state index in [1.54, 1.807) is 30.7 Å². The molecule has 8 nitrogen and oxygen atoms in total. The molecule has 194 valence electrons. The molecule has 37 heavy (non-hydrogen) atoms. The molecule has 9 heteroatoms. The van der Waals surface area contributed by atoms with Crippen LogP contribution in [0.2, 0.25) is 19.1 Å². The minimum atomic E-state index is -2.18. The molecule has 1 aliphatic heterocycles. The smallest absolute Gasteiger partial charge is 0.259 e. The quantitative estimate of drug-likeness (QED) is 0.347. The number of pyridine rings is 2. The van der Waals surface area contributed by atoms with Crippen molar-refractivity contribution in [3.05, 3.63) is 77.7 Å². The summed E-state index contributed by atoms with van der Waals surface area (Å²) < 4.78 is 0. The summed E-state index contributed by atoms with van der Waals surface area (Å²) in [6.45, 7) is 9.13. The highest BCUT2D eigenvalue weighted by Crippen LogP contribution is 2.42. The van der Waals surface area contributed by atoms with Crippen LogP contribution in [-0.2, 0) is 16.8 Å². The number of nitrogens with zero attached hydrogens (tertiary/aromatic N) is 3. The number of amides is 2. The molecule has 3 N–H and O–H groups in total. The fourth-order valence-corrected chi connectivity index (χ4v) is 5.66. The molecule has 0 saturated carbocycles. The van der Waals surface area contributed by atoms with Gasteiger partial charge < -0.3 is 20.3 Å². The molecule has 1 aliphatic rings. The van der Waals surface area contributed by atoms with E-state index in [2.05, 4.69) is 34.4 Å². The third-order valence-electron chi connectivity index (χ3n) is 6.57. The van der Waals surface area contributed by atoms with Gasteiger partial charge in [0.05, 0.1) is 5.56 Å². The Labute approximate surface area is 219 Å². The number of hydrogen-bond acceptors (Lipinski definition) is 6. The number of anilines is 3. The van der Waals surface area contributed by atoms with E-state index >= 15 is 0 Å². The second-order valence-electron chi connectivity index (χ2n) is 10.8. The van der Waals surface area contributed by atoms with Gasteiger partial charge in [0, 0.05) is 54.9 Å². The van der Waals surface area contributed by atoms with E-state index in [1.807, 2.05) is 48.3 Å². The molecule has 0 atom stereocenters. The molecule has 3 heterocycles. The molecule has 1 aromatic carbocycles. The van der Waals surface area contributed by atoms with Crippen molar-refractivity contribution in [1.29, 1.82) is 0 Å². The maximum absolute atomic E-state index is 13.2. The van der Waals surface area contributed by atoms with Gasteiger partial charge in [0.15, 0.2) is 8.32 Å². The first-order valence-corrected chi connectivity index (χ1v) is 15.8. The number of fused-ring (bicyclic) bond motifs is 1. The van der Waals surface area contributed by atoms with Crippen LogP contribution in [-0.4, -0.2) is 41.4 Å². The standard InChI is InChI=1S/C28H35N5O3Si/c1-28(2)19-33(25(34)8-6-16-37(3,4)36)24-17-21(9-10-23(24)28)32-27(35)22-7-5-13-30-26(22)31-18-20-11-14-29-15-12-20/h5,7,9-15,17,36H,6,8,16,18-19H2,1-4H3,(H,30,31)(H,32,35). The van der Waals surface area contributed by atoms with Crippen LogP contribution >= 0.6 is 0 Å². The lowest BCUT2D eigenvalue weighted by Crippen LogP contribution is -2.34. The second kappa shape index (κ2) is 10.8. The third kappa shape index (κ3) is 6.61. The van der Waals surface area contributed by atoms with Gasteiger partial charge in [-0.2, -0.15) is 0 Å². The molecular formula is C28H35N5O3Si. The Kier molecular flexibility index (Phi) is 7.75. The maximum Gasteiger partial charge on any atom is 0.259 e. The van der Waals surface area contributed by atoms with Crippen molar-refractivity contribution in [2.45, 2.75) is 57.8 Å². The zero-order valence-electron chi connectivity index (χ0n) is 21.9. The van der Waals surface area contributed by atoms with E-state index in [0.29, 0.717) is 49.0 Å². The summed E-state index contributed by atoms with van der Waals surface area (Å²) in [7, 11) is -2.18. The number of nitrogens with one attached hydrogen (secondary N) is 2. The van der Waals surface area contributed by atoms with Gasteiger partial charge in [-0.1, -0.05) is 19.9 Å². The van der Waals surface area contributed by atoms with E-state index < -0.39 is 8.32 Å². The van der Waals surface area contributed by atoms with Crippen LogP contribution in [0.3, 0.4) is 0 Å². The van der Waals surface area contributed by atoms with Crippen LogP contribution in [0.4, 0.5) is 17.2 Å². The average Bonchev–Trinajstić information content (AvgIpc) is 3.13. The van der Waals surface area contributed by atoms with Gasteiger partial charge >= 0.3 is 0 Å². The molecule has 4 rings (SSSR count). The predicted octanol–water partition coefficient (Wildman–Crippen LogP) is 4.94. The van der Waals surface area contributed by atoms with Gasteiger partial charge in [-0.05, 0) is 73.1 Å². The number of carbonyl (C=O) groups is 2. The van der Waals surface area contributed by atoms with Crippen LogP contribution in [0.25, 0.3) is 0 Å². The lowest BCUT2D eigenvalue weighted by Gasteiger charge is -2.21. The lowest BCUT2D eigenvalue weighted by molar-refractivity contribution is -0.118. The highest BCUT2D eigenvalue weighted by molar-refractivity contribution is 6.69. The number of rotatable bonds is 9. The highest BCUT2D eigenvalue weighted by atomic mass is 28.4. The fourth-order valence-electron chi connectivity index (χ4n) is 4.61. The lowest BCUT2D eigenvalue weighted by atomic mass is 9.87. The van der Waals surface area contributed by atoms with Crippen molar-refractivity contribution in [3.8, 4) is 0 Å². The molecule has 3 aromatic rings. The van der Waals surface area contributed by atoms with Crippen molar-refractivity contribution < 1.29 is 14.4 Å². The Balaban J connectivity index is 1.49. The van der Waals surface area contributed by atoms with E-state index in [1.165, 1.54) is 0 Å². The van der Waals surface area contributed by atoms with Gasteiger partial charge in [0.1, 0.15) is 5.82 Å². The maximum atomic E-state index is 13.2.